The molecule has 47 heavy (non-hydrogen) atoms. The minimum Gasteiger partial charge on any atom is -0.496 e. The molecule has 0 aliphatic carbocycles. The Balaban J connectivity index is 1.19. The monoisotopic (exact) mass is 646 g/mol. The van der Waals surface area contributed by atoms with Crippen molar-refractivity contribution >= 4 is 17.7 Å². The maximum Gasteiger partial charge on any atom is 0.253 e. The number of methoxy groups -OCH3 is 1. The van der Waals surface area contributed by atoms with Gasteiger partial charge in [0.15, 0.2) is 6.29 Å². The number of aliphatic hydroxyl groups is 1. The molecule has 5 aromatic rings. The lowest BCUT2D eigenvalue weighted by atomic mass is 9.91. The average Bonchev–Trinajstić information content (AvgIpc) is 3.14. The average molecular weight is 647 g/mol. The highest BCUT2D eigenvalue weighted by Gasteiger charge is 2.38. The molecule has 2 heterocycles. The second-order valence-corrected chi connectivity index (χ2v) is 12.6. The zero-order valence-corrected chi connectivity index (χ0v) is 27.2. The molecule has 1 aliphatic rings. The molecule has 1 fully saturated rings. The van der Waals surface area contributed by atoms with Crippen molar-refractivity contribution in [1.29, 1.82) is 0 Å². The van der Waals surface area contributed by atoms with E-state index in [0.717, 1.165) is 49.8 Å². The van der Waals surface area contributed by atoms with E-state index in [2.05, 4.69) is 59.7 Å². The largest absolute Gasteiger partial charge is 0.496 e. The molecule has 0 saturated carbocycles. The van der Waals surface area contributed by atoms with Gasteiger partial charge in [-0.05, 0) is 58.1 Å². The first-order chi connectivity index (χ1) is 23.0. The van der Waals surface area contributed by atoms with E-state index in [-0.39, 0.29) is 30.6 Å². The Hall–Kier alpha value is -4.47. The molecule has 0 unspecified atom stereocenters. The Morgan fingerprint density at radius 2 is 1.66 bits per heavy atom. The number of ether oxygens (including phenoxy) is 3. The van der Waals surface area contributed by atoms with Gasteiger partial charge in [0.1, 0.15) is 5.75 Å². The zero-order valence-electron chi connectivity index (χ0n) is 26.4. The van der Waals surface area contributed by atoms with E-state index in [1.807, 2.05) is 54.6 Å². The number of carbonyl (C=O) groups excluding carboxylic acids is 1. The summed E-state index contributed by atoms with van der Waals surface area (Å²) in [5.74, 6) is 1.50. The first kappa shape index (κ1) is 32.5. The number of hydrogen-bond acceptors (Lipinski definition) is 7. The number of pyridine rings is 1. The molecule has 1 aliphatic heterocycles. The Morgan fingerprint density at radius 3 is 2.40 bits per heavy atom. The summed E-state index contributed by atoms with van der Waals surface area (Å²) < 4.78 is 18.9. The van der Waals surface area contributed by atoms with Gasteiger partial charge in [-0.15, -0.1) is 11.8 Å². The van der Waals surface area contributed by atoms with Gasteiger partial charge in [0, 0.05) is 41.1 Å². The molecule has 1 amide bonds. The molecule has 7 nitrogen and oxygen atoms in total. The van der Waals surface area contributed by atoms with E-state index in [0.29, 0.717) is 12.1 Å². The van der Waals surface area contributed by atoms with Crippen molar-refractivity contribution in [1.82, 2.24) is 10.3 Å². The maximum absolute atomic E-state index is 12.5. The second-order valence-electron chi connectivity index (χ2n) is 11.5. The van der Waals surface area contributed by atoms with Crippen LogP contribution in [0.25, 0.3) is 11.1 Å². The quantitative estimate of drug-likeness (QED) is 0.142. The fraction of sp³-hybridized carbons (Fsp3) is 0.231. The number of benzene rings is 4. The smallest absolute Gasteiger partial charge is 0.253 e. The van der Waals surface area contributed by atoms with Crippen LogP contribution in [-0.2, 0) is 22.6 Å². The van der Waals surface area contributed by atoms with Gasteiger partial charge in [0.25, 0.3) is 5.91 Å². The molecule has 2 N–H and O–H groups in total. The third kappa shape index (κ3) is 7.92. The second kappa shape index (κ2) is 15.4. The fourth-order valence-corrected chi connectivity index (χ4v) is 6.89. The van der Waals surface area contributed by atoms with Crippen LogP contribution in [0.4, 0.5) is 0 Å². The van der Waals surface area contributed by atoms with Crippen LogP contribution in [0, 0.1) is 5.92 Å². The first-order valence-corrected chi connectivity index (χ1v) is 16.6. The molecule has 8 heteroatoms. The summed E-state index contributed by atoms with van der Waals surface area (Å²) in [7, 11) is 1.69. The highest BCUT2D eigenvalue weighted by Crippen LogP contribution is 2.44. The van der Waals surface area contributed by atoms with Crippen LogP contribution < -0.4 is 10.1 Å². The van der Waals surface area contributed by atoms with E-state index >= 15 is 0 Å². The predicted octanol–water partition coefficient (Wildman–Crippen LogP) is 7.76. The van der Waals surface area contributed by atoms with Gasteiger partial charge >= 0.3 is 0 Å². The number of hydrogen-bond donors (Lipinski definition) is 2. The molecule has 240 valence electrons. The highest BCUT2D eigenvalue weighted by atomic mass is 32.2. The van der Waals surface area contributed by atoms with E-state index < -0.39 is 6.29 Å². The Bertz CT molecular complexity index is 1770. The predicted molar refractivity (Wildman–Crippen MR) is 184 cm³/mol. The van der Waals surface area contributed by atoms with E-state index in [4.69, 9.17) is 14.2 Å². The molecule has 4 aromatic carbocycles. The number of carbonyl (C=O) groups is 1. The van der Waals surface area contributed by atoms with Gasteiger partial charge in [-0.1, -0.05) is 85.8 Å². The summed E-state index contributed by atoms with van der Waals surface area (Å²) in [5, 5.41) is 12.5. The van der Waals surface area contributed by atoms with Gasteiger partial charge in [-0.2, -0.15) is 0 Å². The van der Waals surface area contributed by atoms with E-state index in [1.165, 1.54) is 0 Å². The number of nitrogens with one attached hydrogen (secondary N) is 1. The summed E-state index contributed by atoms with van der Waals surface area (Å²) in [4.78, 5) is 17.6. The van der Waals surface area contributed by atoms with E-state index in [1.54, 1.807) is 43.4 Å². The Morgan fingerprint density at radius 1 is 0.872 bits per heavy atom. The molecular formula is C39H38N2O5S. The molecule has 1 saturated heterocycles. The van der Waals surface area contributed by atoms with Crippen molar-refractivity contribution in [3.63, 3.8) is 0 Å². The number of aliphatic hydroxyl groups excluding tert-OH is 1. The normalized spacial score (nSPS) is 19.2. The third-order valence-corrected chi connectivity index (χ3v) is 9.56. The summed E-state index contributed by atoms with van der Waals surface area (Å²) in [6.45, 7) is 2.58. The van der Waals surface area contributed by atoms with Crippen LogP contribution in [0.5, 0.6) is 5.75 Å². The van der Waals surface area contributed by atoms with Gasteiger partial charge < -0.3 is 24.6 Å². The van der Waals surface area contributed by atoms with Gasteiger partial charge in [0.2, 0.25) is 0 Å². The number of thioether (sulfide) groups is 1. The van der Waals surface area contributed by atoms with Crippen LogP contribution in [-0.4, -0.2) is 35.0 Å². The molecular weight excluding hydrogens is 609 g/mol. The lowest BCUT2D eigenvalue weighted by Crippen LogP contribution is -2.38. The molecule has 4 atom stereocenters. The van der Waals surface area contributed by atoms with Crippen LogP contribution >= 0.6 is 11.8 Å². The van der Waals surface area contributed by atoms with Gasteiger partial charge in [-0.25, -0.2) is 0 Å². The minimum atomic E-state index is -0.555. The Kier molecular flexibility index (Phi) is 10.6. The molecule has 0 spiro atoms. The van der Waals surface area contributed by atoms with Crippen LogP contribution in [0.2, 0.25) is 0 Å². The summed E-state index contributed by atoms with van der Waals surface area (Å²) in [6.07, 6.45) is 2.37. The van der Waals surface area contributed by atoms with Crippen molar-refractivity contribution in [3.8, 4) is 16.9 Å². The molecule has 0 bridgehead atoms. The SMILES string of the molecule is COc1ccccc1SC[C@H]1O[C@@H](c2ccc(-c3cccc(CNC(=O)c4cccnc4)c3)cc2)O[C@@H](c2ccc(CO)cc2)[C@H]1C. The summed E-state index contributed by atoms with van der Waals surface area (Å²) in [6, 6.07) is 35.9. The van der Waals surface area contributed by atoms with Gasteiger partial charge in [-0.3, -0.25) is 9.78 Å². The van der Waals surface area contributed by atoms with Crippen molar-refractivity contribution in [2.24, 2.45) is 5.92 Å². The van der Waals surface area contributed by atoms with E-state index in [9.17, 15) is 9.90 Å². The van der Waals surface area contributed by atoms with Crippen LogP contribution in [0.3, 0.4) is 0 Å². The topological polar surface area (TPSA) is 89.9 Å². The van der Waals surface area contributed by atoms with Crippen molar-refractivity contribution in [3.05, 3.63) is 149 Å². The van der Waals surface area contributed by atoms with Crippen molar-refractivity contribution < 1.29 is 24.1 Å². The molecule has 6 rings (SSSR count). The number of nitrogens with zero attached hydrogens (tertiary/aromatic N) is 1. The lowest BCUT2D eigenvalue weighted by molar-refractivity contribution is -0.268. The van der Waals surface area contributed by atoms with Crippen LogP contribution in [0.15, 0.2) is 126 Å². The number of rotatable bonds is 11. The van der Waals surface area contributed by atoms with Crippen molar-refractivity contribution in [2.75, 3.05) is 12.9 Å². The minimum absolute atomic E-state index is 0.000557. The number of amides is 1. The first-order valence-electron chi connectivity index (χ1n) is 15.7. The summed E-state index contributed by atoms with van der Waals surface area (Å²) in [5.41, 5.74) is 6.50. The standard InChI is InChI=1S/C39H38N2O5S/c1-26-35(25-47-36-11-4-3-10-34(36)44-2)45-39(46-37(26)30-14-12-27(24-42)13-15-30)31-18-16-29(17-19-31)32-8-5-7-28(21-32)22-41-38(43)33-9-6-20-40-23-33/h3-21,23,26,35,37,39,42H,22,24-25H2,1-2H3,(H,41,43)/t26-,35+,37+,39+/m0/s1. The van der Waals surface area contributed by atoms with Crippen LogP contribution in [0.1, 0.15) is 51.9 Å². The zero-order chi connectivity index (χ0) is 32.6. The Labute approximate surface area is 279 Å². The molecule has 0 radical (unpaired) electrons. The van der Waals surface area contributed by atoms with Gasteiger partial charge in [0.05, 0.1) is 31.5 Å². The maximum atomic E-state index is 12.5. The highest BCUT2D eigenvalue weighted by molar-refractivity contribution is 7.99. The lowest BCUT2D eigenvalue weighted by Gasteiger charge is -2.41. The molecule has 1 aromatic heterocycles. The fourth-order valence-electron chi connectivity index (χ4n) is 5.69. The number of aromatic nitrogens is 1. The van der Waals surface area contributed by atoms with Crippen molar-refractivity contribution in [2.45, 2.75) is 43.5 Å². The summed E-state index contributed by atoms with van der Waals surface area (Å²) >= 11 is 1.72. The third-order valence-electron chi connectivity index (χ3n) is 8.42. The number of para-hydroxylation sites is 1.